The van der Waals surface area contributed by atoms with E-state index in [1.807, 2.05) is 0 Å². The van der Waals surface area contributed by atoms with E-state index in [1.165, 1.54) is 23.5 Å². The highest BCUT2D eigenvalue weighted by molar-refractivity contribution is 9.10. The molecular formula is C12H11BrN2O3S2. The van der Waals surface area contributed by atoms with Crippen LogP contribution in [0.1, 0.15) is 15.2 Å². The fourth-order valence-corrected chi connectivity index (χ4v) is 3.94. The number of hydrogen-bond acceptors (Lipinski definition) is 4. The molecule has 106 valence electrons. The van der Waals surface area contributed by atoms with E-state index < -0.39 is 10.0 Å². The first kappa shape index (κ1) is 15.2. The molecule has 0 atom stereocenters. The molecule has 3 N–H and O–H groups in total. The van der Waals surface area contributed by atoms with Crippen LogP contribution in [0.4, 0.5) is 5.69 Å². The van der Waals surface area contributed by atoms with Crippen molar-refractivity contribution in [1.82, 2.24) is 0 Å². The quantitative estimate of drug-likeness (QED) is 0.865. The second-order valence-corrected chi connectivity index (χ2v) is 7.33. The molecule has 2 rings (SSSR count). The summed E-state index contributed by atoms with van der Waals surface area (Å²) in [6.07, 6.45) is 0. The van der Waals surface area contributed by atoms with Gasteiger partial charge in [0.15, 0.2) is 0 Å². The number of nitrogens with one attached hydrogen (secondary N) is 1. The van der Waals surface area contributed by atoms with Gasteiger partial charge in [0.1, 0.15) is 4.88 Å². The summed E-state index contributed by atoms with van der Waals surface area (Å²) < 4.78 is 23.6. The zero-order valence-electron chi connectivity index (χ0n) is 10.4. The van der Waals surface area contributed by atoms with Crippen LogP contribution in [0.25, 0.3) is 0 Å². The number of amides is 1. The number of nitrogens with two attached hydrogens (primary N) is 1. The molecule has 2 aromatic rings. The van der Waals surface area contributed by atoms with Gasteiger partial charge < -0.3 is 5.32 Å². The molecule has 0 saturated heterocycles. The first-order valence-electron chi connectivity index (χ1n) is 5.47. The molecule has 1 aromatic heterocycles. The van der Waals surface area contributed by atoms with Crippen molar-refractivity contribution in [3.05, 3.63) is 44.6 Å². The zero-order chi connectivity index (χ0) is 14.9. The van der Waals surface area contributed by atoms with E-state index in [0.29, 0.717) is 20.6 Å². The Morgan fingerprint density at radius 3 is 2.60 bits per heavy atom. The number of primary sulfonamides is 1. The minimum absolute atomic E-state index is 0.000505. The second-order valence-electron chi connectivity index (χ2n) is 4.03. The molecule has 0 radical (unpaired) electrons. The van der Waals surface area contributed by atoms with E-state index in [4.69, 9.17) is 5.14 Å². The van der Waals surface area contributed by atoms with Crippen molar-refractivity contribution < 1.29 is 13.2 Å². The maximum atomic E-state index is 12.1. The molecule has 0 aliphatic heterocycles. The molecule has 0 spiro atoms. The maximum absolute atomic E-state index is 12.1. The molecule has 0 aliphatic rings. The average Bonchev–Trinajstić information content (AvgIpc) is 2.76. The van der Waals surface area contributed by atoms with Crippen molar-refractivity contribution in [2.45, 2.75) is 11.8 Å². The Bertz CT molecular complexity index is 769. The Morgan fingerprint density at radius 2 is 2.05 bits per heavy atom. The lowest BCUT2D eigenvalue weighted by molar-refractivity contribution is 0.103. The van der Waals surface area contributed by atoms with Crippen LogP contribution in [-0.2, 0) is 10.0 Å². The number of carbonyl (C=O) groups excluding carboxylic acids is 1. The van der Waals surface area contributed by atoms with E-state index in [-0.39, 0.29) is 10.8 Å². The van der Waals surface area contributed by atoms with Crippen molar-refractivity contribution >= 4 is 48.9 Å². The van der Waals surface area contributed by atoms with Gasteiger partial charge in [-0.1, -0.05) is 6.07 Å². The predicted molar refractivity (Wildman–Crippen MR) is 82.5 cm³/mol. The third-order valence-electron chi connectivity index (χ3n) is 2.66. The lowest BCUT2D eigenvalue weighted by Gasteiger charge is -2.10. The SMILES string of the molecule is Cc1c(NC(=O)c2sccc2Br)cccc1S(N)(=O)=O. The summed E-state index contributed by atoms with van der Waals surface area (Å²) >= 11 is 4.57. The van der Waals surface area contributed by atoms with Crippen LogP contribution in [0.5, 0.6) is 0 Å². The molecule has 1 heterocycles. The molecule has 8 heteroatoms. The zero-order valence-corrected chi connectivity index (χ0v) is 13.6. The van der Waals surface area contributed by atoms with Gasteiger partial charge in [-0.3, -0.25) is 4.79 Å². The molecule has 0 fully saturated rings. The highest BCUT2D eigenvalue weighted by Gasteiger charge is 2.17. The van der Waals surface area contributed by atoms with Crippen molar-refractivity contribution in [2.75, 3.05) is 5.32 Å². The van der Waals surface area contributed by atoms with Crippen LogP contribution in [0.2, 0.25) is 0 Å². The van der Waals surface area contributed by atoms with Crippen LogP contribution in [-0.4, -0.2) is 14.3 Å². The average molecular weight is 375 g/mol. The fraction of sp³-hybridized carbons (Fsp3) is 0.0833. The van der Waals surface area contributed by atoms with Gasteiger partial charge in [0.25, 0.3) is 5.91 Å². The fourth-order valence-electron chi connectivity index (χ4n) is 1.69. The minimum Gasteiger partial charge on any atom is -0.321 e. The molecule has 0 aliphatic carbocycles. The van der Waals surface area contributed by atoms with Crippen LogP contribution in [0.15, 0.2) is 39.0 Å². The number of carbonyl (C=O) groups is 1. The molecule has 1 aromatic carbocycles. The van der Waals surface area contributed by atoms with Gasteiger partial charge in [-0.15, -0.1) is 11.3 Å². The summed E-state index contributed by atoms with van der Waals surface area (Å²) in [5.74, 6) is -0.304. The molecular weight excluding hydrogens is 364 g/mol. The number of hydrogen-bond donors (Lipinski definition) is 2. The number of thiophene rings is 1. The summed E-state index contributed by atoms with van der Waals surface area (Å²) in [6, 6.07) is 6.34. The highest BCUT2D eigenvalue weighted by Crippen LogP contribution is 2.26. The smallest absolute Gasteiger partial charge is 0.266 e. The van der Waals surface area contributed by atoms with Gasteiger partial charge in [-0.05, 0) is 52.0 Å². The van der Waals surface area contributed by atoms with Crippen LogP contribution < -0.4 is 10.5 Å². The summed E-state index contributed by atoms with van der Waals surface area (Å²) in [5.41, 5.74) is 0.831. The van der Waals surface area contributed by atoms with Crippen molar-refractivity contribution in [2.24, 2.45) is 5.14 Å². The molecule has 0 bridgehead atoms. The Kier molecular flexibility index (Phi) is 4.28. The van der Waals surface area contributed by atoms with Gasteiger partial charge >= 0.3 is 0 Å². The third kappa shape index (κ3) is 3.09. The Labute approximate surface area is 129 Å². The summed E-state index contributed by atoms with van der Waals surface area (Å²) in [4.78, 5) is 12.6. The normalized spacial score (nSPS) is 11.3. The van der Waals surface area contributed by atoms with E-state index in [0.717, 1.165) is 0 Å². The number of anilines is 1. The predicted octanol–water partition coefficient (Wildman–Crippen LogP) is 2.72. The number of rotatable bonds is 3. The first-order valence-corrected chi connectivity index (χ1v) is 8.69. The maximum Gasteiger partial charge on any atom is 0.266 e. The number of sulfonamides is 1. The molecule has 0 saturated carbocycles. The lowest BCUT2D eigenvalue weighted by atomic mass is 10.2. The van der Waals surface area contributed by atoms with Gasteiger partial charge in [0.2, 0.25) is 10.0 Å². The minimum atomic E-state index is -3.81. The van der Waals surface area contributed by atoms with Crippen LogP contribution >= 0.6 is 27.3 Å². The summed E-state index contributed by atoms with van der Waals surface area (Å²) in [7, 11) is -3.81. The first-order chi connectivity index (χ1) is 9.30. The highest BCUT2D eigenvalue weighted by atomic mass is 79.9. The summed E-state index contributed by atoms with van der Waals surface area (Å²) in [5, 5.41) is 9.60. The van der Waals surface area contributed by atoms with E-state index in [9.17, 15) is 13.2 Å². The van der Waals surface area contributed by atoms with Crippen molar-refractivity contribution in [3.8, 4) is 0 Å². The number of benzene rings is 1. The van der Waals surface area contributed by atoms with E-state index in [1.54, 1.807) is 24.4 Å². The molecule has 20 heavy (non-hydrogen) atoms. The van der Waals surface area contributed by atoms with Gasteiger partial charge in [-0.25, -0.2) is 13.6 Å². The Morgan fingerprint density at radius 1 is 1.35 bits per heavy atom. The van der Waals surface area contributed by atoms with Crippen molar-refractivity contribution in [3.63, 3.8) is 0 Å². The Balaban J connectivity index is 2.36. The third-order valence-corrected chi connectivity index (χ3v) is 5.55. The van der Waals surface area contributed by atoms with Gasteiger partial charge in [0, 0.05) is 10.2 Å². The van der Waals surface area contributed by atoms with Crippen molar-refractivity contribution in [1.29, 1.82) is 0 Å². The molecule has 1 amide bonds. The topological polar surface area (TPSA) is 89.3 Å². The summed E-state index contributed by atoms with van der Waals surface area (Å²) in [6.45, 7) is 1.60. The van der Waals surface area contributed by atoms with Crippen LogP contribution in [0.3, 0.4) is 0 Å². The van der Waals surface area contributed by atoms with E-state index in [2.05, 4.69) is 21.2 Å². The second kappa shape index (κ2) is 5.65. The molecule has 5 nitrogen and oxygen atoms in total. The largest absolute Gasteiger partial charge is 0.321 e. The standard InChI is InChI=1S/C12H11BrN2O3S2/c1-7-9(3-2-4-10(7)20(14,17)18)15-12(16)11-8(13)5-6-19-11/h2-6H,1H3,(H,15,16)(H2,14,17,18). The molecule has 0 unspecified atom stereocenters. The van der Waals surface area contributed by atoms with Gasteiger partial charge in [0.05, 0.1) is 4.90 Å². The number of halogens is 1. The van der Waals surface area contributed by atoms with Gasteiger partial charge in [-0.2, -0.15) is 0 Å². The Hall–Kier alpha value is -1.22. The monoisotopic (exact) mass is 374 g/mol. The lowest BCUT2D eigenvalue weighted by Crippen LogP contribution is -2.16. The van der Waals surface area contributed by atoms with Crippen LogP contribution in [0, 0.1) is 6.92 Å². The van der Waals surface area contributed by atoms with E-state index >= 15 is 0 Å².